The summed E-state index contributed by atoms with van der Waals surface area (Å²) in [5.74, 6) is 1.03. The topological polar surface area (TPSA) is 40.5 Å². The van der Waals surface area contributed by atoms with Crippen LogP contribution in [0.4, 0.5) is 11.4 Å². The molecule has 0 spiro atoms. The van der Waals surface area contributed by atoms with Crippen molar-refractivity contribution in [2.24, 2.45) is 4.99 Å². The second-order valence-electron chi connectivity index (χ2n) is 5.90. The monoisotopic (exact) mass is 318 g/mol. The van der Waals surface area contributed by atoms with Crippen LogP contribution in [-0.2, 0) is 9.47 Å². The minimum atomic E-state index is 0.720. The standard InChI is InChI=1S/C17H26N4O2/c1-19-7-8-21(9-12-22-2)17(19)18-15-5-3-4-6-16(15)20-10-13-23-14-11-20/h3-6H,7-14H2,1-2H3/b18-17+. The molecule has 6 heteroatoms. The summed E-state index contributed by atoms with van der Waals surface area (Å²) in [5, 5.41) is 0. The Morgan fingerprint density at radius 3 is 2.70 bits per heavy atom. The van der Waals surface area contributed by atoms with Crippen molar-refractivity contribution in [1.29, 1.82) is 0 Å². The summed E-state index contributed by atoms with van der Waals surface area (Å²) in [6.45, 7) is 7.00. The van der Waals surface area contributed by atoms with Gasteiger partial charge in [-0.25, -0.2) is 4.99 Å². The maximum absolute atomic E-state index is 5.47. The first-order valence-electron chi connectivity index (χ1n) is 8.25. The average Bonchev–Trinajstić information content (AvgIpc) is 2.94. The van der Waals surface area contributed by atoms with Crippen LogP contribution in [0.2, 0.25) is 0 Å². The van der Waals surface area contributed by atoms with Gasteiger partial charge in [0.15, 0.2) is 0 Å². The number of nitrogens with zero attached hydrogens (tertiary/aromatic N) is 4. The lowest BCUT2D eigenvalue weighted by molar-refractivity contribution is 0.123. The van der Waals surface area contributed by atoms with E-state index in [2.05, 4.69) is 46.0 Å². The largest absolute Gasteiger partial charge is 0.383 e. The Balaban J connectivity index is 1.85. The quantitative estimate of drug-likeness (QED) is 0.821. The van der Waals surface area contributed by atoms with Crippen molar-refractivity contribution in [3.8, 4) is 0 Å². The molecule has 3 rings (SSSR count). The molecule has 2 aliphatic heterocycles. The van der Waals surface area contributed by atoms with E-state index >= 15 is 0 Å². The molecule has 0 atom stereocenters. The molecule has 6 nitrogen and oxygen atoms in total. The molecular formula is C17H26N4O2. The highest BCUT2D eigenvalue weighted by Gasteiger charge is 2.24. The van der Waals surface area contributed by atoms with E-state index in [1.165, 1.54) is 5.69 Å². The van der Waals surface area contributed by atoms with E-state index in [0.29, 0.717) is 0 Å². The van der Waals surface area contributed by atoms with Crippen LogP contribution in [0.3, 0.4) is 0 Å². The molecule has 1 aromatic carbocycles. The number of hydrogen-bond donors (Lipinski definition) is 0. The van der Waals surface area contributed by atoms with Crippen LogP contribution < -0.4 is 4.90 Å². The second-order valence-corrected chi connectivity index (χ2v) is 5.90. The number of aliphatic imine (C=N–C) groups is 1. The maximum Gasteiger partial charge on any atom is 0.201 e. The van der Waals surface area contributed by atoms with Crippen LogP contribution in [0.1, 0.15) is 0 Å². The van der Waals surface area contributed by atoms with Gasteiger partial charge in [-0.15, -0.1) is 0 Å². The highest BCUT2D eigenvalue weighted by molar-refractivity contribution is 5.86. The molecule has 0 N–H and O–H groups in total. The number of rotatable bonds is 5. The van der Waals surface area contributed by atoms with E-state index in [0.717, 1.165) is 64.2 Å². The van der Waals surface area contributed by atoms with E-state index < -0.39 is 0 Å². The summed E-state index contributed by atoms with van der Waals surface area (Å²) in [6.07, 6.45) is 0. The van der Waals surface area contributed by atoms with E-state index in [1.54, 1.807) is 7.11 Å². The number of guanidine groups is 1. The number of ether oxygens (including phenoxy) is 2. The molecule has 0 unspecified atom stereocenters. The first-order chi connectivity index (χ1) is 11.3. The number of para-hydroxylation sites is 2. The van der Waals surface area contributed by atoms with Crippen LogP contribution in [0.15, 0.2) is 29.3 Å². The minimum absolute atomic E-state index is 0.720. The molecule has 2 heterocycles. The number of benzene rings is 1. The van der Waals surface area contributed by atoms with Crippen LogP contribution in [0, 0.1) is 0 Å². The molecule has 0 saturated carbocycles. The molecular weight excluding hydrogens is 292 g/mol. The summed E-state index contributed by atoms with van der Waals surface area (Å²) in [7, 11) is 3.84. The van der Waals surface area contributed by atoms with Crippen molar-refractivity contribution < 1.29 is 9.47 Å². The summed E-state index contributed by atoms with van der Waals surface area (Å²) < 4.78 is 10.7. The summed E-state index contributed by atoms with van der Waals surface area (Å²) >= 11 is 0. The Morgan fingerprint density at radius 1 is 1.13 bits per heavy atom. The van der Waals surface area contributed by atoms with Gasteiger partial charge in [0.25, 0.3) is 0 Å². The Kier molecular flexibility index (Phi) is 5.35. The van der Waals surface area contributed by atoms with Crippen molar-refractivity contribution in [2.75, 3.05) is 71.6 Å². The van der Waals surface area contributed by atoms with Gasteiger partial charge in [0, 0.05) is 46.9 Å². The molecule has 0 bridgehead atoms. The SMILES string of the molecule is COCCN1CCN(C)/C1=N\c1ccccc1N1CCOCC1. The summed E-state index contributed by atoms with van der Waals surface area (Å²) in [4.78, 5) is 11.8. The molecule has 2 saturated heterocycles. The first-order valence-corrected chi connectivity index (χ1v) is 8.25. The number of hydrogen-bond acceptors (Lipinski definition) is 4. The zero-order chi connectivity index (χ0) is 16.1. The zero-order valence-corrected chi connectivity index (χ0v) is 14.1. The molecule has 126 valence electrons. The molecule has 0 radical (unpaired) electrons. The fraction of sp³-hybridized carbons (Fsp3) is 0.588. The van der Waals surface area contributed by atoms with E-state index in [1.807, 2.05) is 0 Å². The first kappa shape index (κ1) is 16.1. The Hall–Kier alpha value is -1.79. The maximum atomic E-state index is 5.47. The number of morpholine rings is 1. The Bertz CT molecular complexity index is 543. The second kappa shape index (κ2) is 7.66. The van der Waals surface area contributed by atoms with Gasteiger partial charge in [0.05, 0.1) is 31.2 Å². The lowest BCUT2D eigenvalue weighted by Crippen LogP contribution is -2.36. The Morgan fingerprint density at radius 2 is 1.91 bits per heavy atom. The van der Waals surface area contributed by atoms with Gasteiger partial charge >= 0.3 is 0 Å². The molecule has 2 fully saturated rings. The van der Waals surface area contributed by atoms with Crippen molar-refractivity contribution in [3.63, 3.8) is 0 Å². The van der Waals surface area contributed by atoms with E-state index in [9.17, 15) is 0 Å². The van der Waals surface area contributed by atoms with Crippen LogP contribution in [0.5, 0.6) is 0 Å². The minimum Gasteiger partial charge on any atom is -0.383 e. The number of methoxy groups -OCH3 is 1. The third-order valence-corrected chi connectivity index (χ3v) is 4.35. The molecule has 2 aliphatic rings. The van der Waals surface area contributed by atoms with Crippen LogP contribution in [0.25, 0.3) is 0 Å². The predicted molar refractivity (Wildman–Crippen MR) is 92.6 cm³/mol. The average molecular weight is 318 g/mol. The van der Waals surface area contributed by atoms with Crippen molar-refractivity contribution in [1.82, 2.24) is 9.80 Å². The lowest BCUT2D eigenvalue weighted by Gasteiger charge is -2.30. The van der Waals surface area contributed by atoms with E-state index in [4.69, 9.17) is 14.5 Å². The van der Waals surface area contributed by atoms with E-state index in [-0.39, 0.29) is 0 Å². The van der Waals surface area contributed by atoms with Gasteiger partial charge in [-0.2, -0.15) is 0 Å². The number of anilines is 1. The predicted octanol–water partition coefficient (Wildman–Crippen LogP) is 1.40. The van der Waals surface area contributed by atoms with Crippen LogP contribution in [-0.4, -0.2) is 82.5 Å². The fourth-order valence-electron chi connectivity index (χ4n) is 3.02. The third-order valence-electron chi connectivity index (χ3n) is 4.35. The molecule has 23 heavy (non-hydrogen) atoms. The highest BCUT2D eigenvalue weighted by Crippen LogP contribution is 2.30. The van der Waals surface area contributed by atoms with Gasteiger partial charge in [0.2, 0.25) is 5.96 Å². The van der Waals surface area contributed by atoms with Crippen molar-refractivity contribution >= 4 is 17.3 Å². The van der Waals surface area contributed by atoms with Gasteiger partial charge < -0.3 is 24.2 Å². The third kappa shape index (κ3) is 3.76. The molecule has 0 aliphatic carbocycles. The Labute approximate surface area is 138 Å². The summed E-state index contributed by atoms with van der Waals surface area (Å²) in [5.41, 5.74) is 2.22. The van der Waals surface area contributed by atoms with Gasteiger partial charge in [-0.05, 0) is 12.1 Å². The van der Waals surface area contributed by atoms with Crippen molar-refractivity contribution in [3.05, 3.63) is 24.3 Å². The van der Waals surface area contributed by atoms with Crippen LogP contribution >= 0.6 is 0 Å². The summed E-state index contributed by atoms with van der Waals surface area (Å²) in [6, 6.07) is 8.38. The fourth-order valence-corrected chi connectivity index (χ4v) is 3.02. The van der Waals surface area contributed by atoms with Gasteiger partial charge in [0.1, 0.15) is 0 Å². The van der Waals surface area contributed by atoms with Crippen molar-refractivity contribution in [2.45, 2.75) is 0 Å². The molecule has 1 aromatic rings. The smallest absolute Gasteiger partial charge is 0.201 e. The lowest BCUT2D eigenvalue weighted by atomic mass is 10.2. The normalized spacial score (nSPS) is 20.6. The highest BCUT2D eigenvalue weighted by atomic mass is 16.5. The molecule has 0 amide bonds. The number of likely N-dealkylation sites (N-methyl/N-ethyl adjacent to an activating group) is 1. The van der Waals surface area contributed by atoms with Gasteiger partial charge in [-0.1, -0.05) is 12.1 Å². The van der Waals surface area contributed by atoms with Gasteiger partial charge in [-0.3, -0.25) is 0 Å². The molecule has 0 aromatic heterocycles. The zero-order valence-electron chi connectivity index (χ0n) is 14.1.